The lowest BCUT2D eigenvalue weighted by atomic mass is 9.99. The topological polar surface area (TPSA) is 57.7 Å². The highest BCUT2D eigenvalue weighted by molar-refractivity contribution is 7.89. The first kappa shape index (κ1) is 18.7. The molecule has 2 heterocycles. The van der Waals surface area contributed by atoms with Gasteiger partial charge in [-0.25, -0.2) is 8.42 Å². The Hall–Kier alpha value is -2.60. The van der Waals surface area contributed by atoms with Gasteiger partial charge in [-0.15, -0.1) is 0 Å². The van der Waals surface area contributed by atoms with Crippen LogP contribution >= 0.6 is 0 Å². The lowest BCUT2D eigenvalue weighted by Gasteiger charge is -2.39. The van der Waals surface area contributed by atoms with Crippen LogP contribution in [0.25, 0.3) is 5.70 Å². The van der Waals surface area contributed by atoms with Gasteiger partial charge in [0, 0.05) is 30.8 Å². The van der Waals surface area contributed by atoms with E-state index in [1.165, 1.54) is 4.31 Å². The summed E-state index contributed by atoms with van der Waals surface area (Å²) < 4.78 is 27.9. The Morgan fingerprint density at radius 2 is 1.57 bits per heavy atom. The minimum absolute atomic E-state index is 0.210. The van der Waals surface area contributed by atoms with E-state index in [0.29, 0.717) is 11.1 Å². The molecular formula is C22H24N2O3S. The number of rotatable bonds is 4. The van der Waals surface area contributed by atoms with Crippen molar-refractivity contribution in [3.8, 4) is 0 Å². The molecule has 6 heteroatoms. The average molecular weight is 397 g/mol. The number of allylic oxidation sites excluding steroid dienone is 1. The Morgan fingerprint density at radius 3 is 2.25 bits per heavy atom. The molecule has 5 nitrogen and oxygen atoms in total. The molecule has 0 saturated carbocycles. The maximum absolute atomic E-state index is 13.5. The summed E-state index contributed by atoms with van der Waals surface area (Å²) in [6, 6.07) is 16.0. The fraction of sp³-hybridized carbons (Fsp3) is 0.318. The van der Waals surface area contributed by atoms with Crippen LogP contribution in [0.1, 0.15) is 42.1 Å². The first-order chi connectivity index (χ1) is 13.6. The fourth-order valence-electron chi connectivity index (χ4n) is 4.08. The standard InChI is InChI=1S/C22H24N2O3S/c1-2-24-21(22(25)17-11-5-3-6-12-17)20(23-15-9-4-10-16-23)18-13-7-8-14-19(18)28(24,26)27/h3,5-8,11-14H,2,4,9-10,15-16H2,1H3. The SMILES string of the molecule is CCN1C(C(=O)c2ccccc2)=C(N2CCCCC2)c2ccccc2S1(=O)=O. The van der Waals surface area contributed by atoms with E-state index in [0.717, 1.165) is 38.0 Å². The summed E-state index contributed by atoms with van der Waals surface area (Å²) in [7, 11) is -3.78. The number of Topliss-reactive ketones (excluding diaryl/α,β-unsaturated/α-hetero) is 1. The van der Waals surface area contributed by atoms with Gasteiger partial charge in [-0.05, 0) is 32.3 Å². The number of ketones is 1. The van der Waals surface area contributed by atoms with E-state index in [4.69, 9.17) is 0 Å². The third-order valence-electron chi connectivity index (χ3n) is 5.39. The normalized spacial score (nSPS) is 18.8. The first-order valence-corrected chi connectivity index (χ1v) is 11.2. The summed E-state index contributed by atoms with van der Waals surface area (Å²) in [5.74, 6) is -0.249. The molecule has 0 atom stereocenters. The summed E-state index contributed by atoms with van der Waals surface area (Å²) in [5, 5.41) is 0. The van der Waals surface area contributed by atoms with Gasteiger partial charge in [0.2, 0.25) is 5.78 Å². The molecule has 0 unspecified atom stereocenters. The number of carbonyl (C=O) groups is 1. The molecule has 2 aliphatic heterocycles. The van der Waals surface area contributed by atoms with E-state index in [1.807, 2.05) is 18.2 Å². The number of likely N-dealkylation sites (tertiary alicyclic amines) is 1. The summed E-state index contributed by atoms with van der Waals surface area (Å²) in [5.41, 5.74) is 2.16. The van der Waals surface area contributed by atoms with E-state index in [2.05, 4.69) is 4.90 Å². The van der Waals surface area contributed by atoms with Crippen LogP contribution in [0.5, 0.6) is 0 Å². The van der Waals surface area contributed by atoms with E-state index >= 15 is 0 Å². The third-order valence-corrected chi connectivity index (χ3v) is 7.33. The smallest absolute Gasteiger partial charge is 0.265 e. The van der Waals surface area contributed by atoms with Crippen LogP contribution in [-0.4, -0.2) is 43.0 Å². The van der Waals surface area contributed by atoms with Gasteiger partial charge in [-0.3, -0.25) is 9.10 Å². The Morgan fingerprint density at radius 1 is 0.929 bits per heavy atom. The zero-order valence-corrected chi connectivity index (χ0v) is 16.8. The number of piperidine rings is 1. The molecular weight excluding hydrogens is 372 g/mol. The Balaban J connectivity index is 2.01. The van der Waals surface area contributed by atoms with Gasteiger partial charge in [0.25, 0.3) is 10.0 Å². The Bertz CT molecular complexity index is 1020. The number of fused-ring (bicyclic) bond motifs is 1. The van der Waals surface area contributed by atoms with E-state index < -0.39 is 10.0 Å². The van der Waals surface area contributed by atoms with Crippen LogP contribution in [0, 0.1) is 0 Å². The maximum Gasteiger partial charge on any atom is 0.265 e. The van der Waals surface area contributed by atoms with Gasteiger partial charge in [0.15, 0.2) is 0 Å². The molecule has 146 valence electrons. The zero-order chi connectivity index (χ0) is 19.7. The Kier molecular flexibility index (Phi) is 4.98. The lowest BCUT2D eigenvalue weighted by molar-refractivity contribution is 0.101. The van der Waals surface area contributed by atoms with E-state index in [9.17, 15) is 13.2 Å². The summed E-state index contributed by atoms with van der Waals surface area (Å²) in [6.45, 7) is 3.64. The summed E-state index contributed by atoms with van der Waals surface area (Å²) in [6.07, 6.45) is 3.23. The van der Waals surface area contributed by atoms with Gasteiger partial charge in [0.1, 0.15) is 5.70 Å². The molecule has 0 aromatic heterocycles. The average Bonchev–Trinajstić information content (AvgIpc) is 2.74. The van der Waals surface area contributed by atoms with Crippen molar-refractivity contribution in [2.45, 2.75) is 31.1 Å². The molecule has 4 rings (SSSR count). The number of sulfonamides is 1. The molecule has 1 fully saturated rings. The number of likely N-dealkylation sites (N-methyl/N-ethyl adjacent to an activating group) is 1. The number of carbonyl (C=O) groups excluding carboxylic acids is 1. The second-order valence-corrected chi connectivity index (χ2v) is 8.94. The van der Waals surface area contributed by atoms with Gasteiger partial charge in [0.05, 0.1) is 10.6 Å². The maximum atomic E-state index is 13.5. The van der Waals surface area contributed by atoms with E-state index in [1.54, 1.807) is 43.3 Å². The highest BCUT2D eigenvalue weighted by atomic mass is 32.2. The number of benzene rings is 2. The first-order valence-electron chi connectivity index (χ1n) is 9.77. The molecule has 0 amide bonds. The number of hydrogen-bond acceptors (Lipinski definition) is 4. The van der Waals surface area contributed by atoms with Crippen LogP contribution < -0.4 is 0 Å². The minimum Gasteiger partial charge on any atom is -0.369 e. The minimum atomic E-state index is -3.78. The fourth-order valence-corrected chi connectivity index (χ4v) is 5.76. The highest BCUT2D eigenvalue weighted by Crippen LogP contribution is 2.40. The second kappa shape index (κ2) is 7.43. The quantitative estimate of drug-likeness (QED) is 0.739. The van der Waals surface area contributed by atoms with Crippen LogP contribution in [0.3, 0.4) is 0 Å². The number of hydrogen-bond donors (Lipinski definition) is 0. The van der Waals surface area contributed by atoms with Crippen LogP contribution in [-0.2, 0) is 10.0 Å². The summed E-state index contributed by atoms with van der Waals surface area (Å²) >= 11 is 0. The third kappa shape index (κ3) is 3.02. The van der Waals surface area contributed by atoms with Gasteiger partial charge in [-0.1, -0.05) is 48.5 Å². The zero-order valence-electron chi connectivity index (χ0n) is 16.0. The van der Waals surface area contributed by atoms with Gasteiger partial charge < -0.3 is 4.90 Å². The van der Waals surface area contributed by atoms with Crippen molar-refractivity contribution >= 4 is 21.5 Å². The highest BCUT2D eigenvalue weighted by Gasteiger charge is 2.40. The van der Waals surface area contributed by atoms with Gasteiger partial charge in [-0.2, -0.15) is 0 Å². The van der Waals surface area contributed by atoms with Crippen molar-refractivity contribution < 1.29 is 13.2 Å². The van der Waals surface area contributed by atoms with Crippen LogP contribution in [0.4, 0.5) is 0 Å². The monoisotopic (exact) mass is 396 g/mol. The number of nitrogens with zero attached hydrogens (tertiary/aromatic N) is 2. The van der Waals surface area contributed by atoms with Crippen LogP contribution in [0.2, 0.25) is 0 Å². The van der Waals surface area contributed by atoms with E-state index in [-0.39, 0.29) is 22.9 Å². The predicted molar refractivity (Wildman–Crippen MR) is 109 cm³/mol. The molecule has 0 aliphatic carbocycles. The summed E-state index contributed by atoms with van der Waals surface area (Å²) in [4.78, 5) is 16.0. The molecule has 1 saturated heterocycles. The Labute approximate surface area is 166 Å². The molecule has 0 bridgehead atoms. The second-order valence-electron chi connectivity index (χ2n) is 7.11. The predicted octanol–water partition coefficient (Wildman–Crippen LogP) is 3.75. The molecule has 0 spiro atoms. The largest absolute Gasteiger partial charge is 0.369 e. The molecule has 2 aromatic carbocycles. The van der Waals surface area contributed by atoms with Gasteiger partial charge >= 0.3 is 0 Å². The molecule has 2 aromatic rings. The van der Waals surface area contributed by atoms with Crippen molar-refractivity contribution in [2.24, 2.45) is 0 Å². The van der Waals surface area contributed by atoms with Crippen molar-refractivity contribution in [3.05, 3.63) is 71.4 Å². The lowest BCUT2D eigenvalue weighted by Crippen LogP contribution is -2.42. The van der Waals surface area contributed by atoms with Crippen molar-refractivity contribution in [1.82, 2.24) is 9.21 Å². The van der Waals surface area contributed by atoms with Crippen molar-refractivity contribution in [2.75, 3.05) is 19.6 Å². The molecule has 28 heavy (non-hydrogen) atoms. The van der Waals surface area contributed by atoms with Crippen molar-refractivity contribution in [3.63, 3.8) is 0 Å². The van der Waals surface area contributed by atoms with Crippen molar-refractivity contribution in [1.29, 1.82) is 0 Å². The molecule has 0 N–H and O–H groups in total. The molecule has 2 aliphatic rings. The molecule has 0 radical (unpaired) electrons. The van der Waals surface area contributed by atoms with Crippen LogP contribution in [0.15, 0.2) is 65.2 Å².